The number of allylic oxidation sites excluding steroid dienone is 1. The van der Waals surface area contributed by atoms with Gasteiger partial charge in [-0.25, -0.2) is 4.99 Å². The van der Waals surface area contributed by atoms with E-state index in [0.717, 1.165) is 11.3 Å². The van der Waals surface area contributed by atoms with Gasteiger partial charge in [0.15, 0.2) is 5.84 Å². The van der Waals surface area contributed by atoms with E-state index in [1.54, 1.807) is 6.08 Å². The Labute approximate surface area is 84.9 Å². The molecule has 0 bridgehead atoms. The van der Waals surface area contributed by atoms with Crippen molar-refractivity contribution < 1.29 is 11.3 Å². The van der Waals surface area contributed by atoms with E-state index in [-0.39, 0.29) is 11.5 Å². The second-order valence-electron chi connectivity index (χ2n) is 1.45. The molecule has 11 heavy (non-hydrogen) atoms. The van der Waals surface area contributed by atoms with Crippen LogP contribution in [0.3, 0.4) is 0 Å². The third-order valence-electron chi connectivity index (χ3n) is 0.808. The molecular formula is C5H5Br2FeN3. The van der Waals surface area contributed by atoms with Crippen LogP contribution in [-0.4, -0.2) is 17.8 Å². The summed E-state index contributed by atoms with van der Waals surface area (Å²) in [6.45, 7) is 0. The summed E-state index contributed by atoms with van der Waals surface area (Å²) in [6, 6.07) is 0. The summed E-state index contributed by atoms with van der Waals surface area (Å²) in [7, 11) is 0. The summed E-state index contributed by atoms with van der Waals surface area (Å²) in [5.41, 5.74) is 0.174. The Morgan fingerprint density at radius 2 is 1.91 bits per heavy atom. The first-order valence-electron chi connectivity index (χ1n) is 2.45. The Morgan fingerprint density at radius 3 is 2.18 bits per heavy atom. The van der Waals surface area contributed by atoms with Crippen LogP contribution in [0.15, 0.2) is 17.1 Å². The van der Waals surface area contributed by atoms with Crippen molar-refractivity contribution in [3.8, 4) is 0 Å². The van der Waals surface area contributed by atoms with Gasteiger partial charge in [-0.15, -0.1) is 0 Å². The van der Waals surface area contributed by atoms with Crippen LogP contribution in [0.25, 0.3) is 0 Å². The van der Waals surface area contributed by atoms with Gasteiger partial charge in [0.2, 0.25) is 0 Å². The predicted octanol–water partition coefficient (Wildman–Crippen LogP) is 2.31. The van der Waals surface area contributed by atoms with E-state index in [0.29, 0.717) is 0 Å². The number of hydrogen-bond donors (Lipinski definition) is 2. The summed E-state index contributed by atoms with van der Waals surface area (Å²) in [4.78, 5) is 3.56. The van der Waals surface area contributed by atoms with Gasteiger partial charge in [0.1, 0.15) is 0 Å². The molecule has 0 fully saturated rings. The van der Waals surface area contributed by atoms with Gasteiger partial charge in [0.25, 0.3) is 0 Å². The summed E-state index contributed by atoms with van der Waals surface area (Å²) < 4.78 is 0. The fraction of sp³-hybridized carbons (Fsp3) is 0. The molecule has 0 atom stereocenters. The van der Waals surface area contributed by atoms with E-state index in [9.17, 15) is 0 Å². The van der Waals surface area contributed by atoms with E-state index in [1.165, 1.54) is 12.3 Å². The van der Waals surface area contributed by atoms with Crippen LogP contribution in [-0.2, 0) is 11.3 Å². The zero-order valence-electron chi connectivity index (χ0n) is 5.29. The molecule has 0 unspecified atom stereocenters. The minimum atomic E-state index is 0.0347. The topological polar surface area (TPSA) is 60.1 Å². The third-order valence-corrected chi connectivity index (χ3v) is 0.808. The number of amidine groups is 1. The molecule has 6 heteroatoms. The molecule has 0 aromatic rings. The van der Waals surface area contributed by atoms with Gasteiger partial charge in [-0.2, -0.15) is 0 Å². The molecule has 0 aliphatic carbocycles. The zero-order chi connectivity index (χ0) is 8.69. The average Bonchev–Trinajstić information content (AvgIpc) is 1.97. The molecule has 0 aromatic heterocycles. The fourth-order valence-electron chi connectivity index (χ4n) is 0.405. The van der Waals surface area contributed by atoms with Gasteiger partial charge < -0.3 is 0 Å². The molecule has 0 spiro atoms. The van der Waals surface area contributed by atoms with E-state index in [2.05, 4.69) is 33.2 Å². The van der Waals surface area contributed by atoms with Crippen LogP contribution in [0.2, 0.25) is 0 Å². The summed E-state index contributed by atoms with van der Waals surface area (Å²) in [6.07, 6.45) is 4.68. The maximum atomic E-state index is 6.97. The van der Waals surface area contributed by atoms with Gasteiger partial charge in [-0.3, -0.25) is 10.8 Å². The number of nitrogens with one attached hydrogen (secondary N) is 2. The van der Waals surface area contributed by atoms with Crippen molar-refractivity contribution in [3.63, 3.8) is 0 Å². The molecule has 1 aliphatic rings. The number of dihydropyridines is 1. The van der Waals surface area contributed by atoms with Gasteiger partial charge in [0, 0.05) is 6.21 Å². The molecule has 1 aliphatic heterocycles. The van der Waals surface area contributed by atoms with E-state index < -0.39 is 0 Å². The first kappa shape index (κ1) is 11.2. The van der Waals surface area contributed by atoms with Crippen LogP contribution in [0, 0.1) is 10.8 Å². The van der Waals surface area contributed by atoms with E-state index in [1.807, 2.05) is 0 Å². The molecule has 1 heterocycles. The molecule has 2 N–H and O–H groups in total. The first-order valence-corrected chi connectivity index (χ1v) is 7.91. The fourth-order valence-corrected chi connectivity index (χ4v) is 0.405. The van der Waals surface area contributed by atoms with Crippen LogP contribution in [0.4, 0.5) is 0 Å². The molecule has 1 rings (SSSR count). The van der Waals surface area contributed by atoms with Crippen LogP contribution in [0.1, 0.15) is 0 Å². The standard InChI is InChI=1S/C5H5N3.2BrH.Fe/c6-4-2-1-3-8-5(4)7;;;/h1-3,6-7H;2*1H;/q;;;+2/p-2. The SMILES string of the molecule is N=C1C=CC=NC1=N.[Br][Fe][Br]. The summed E-state index contributed by atoms with van der Waals surface area (Å²) >= 11 is 7.00. The second kappa shape index (κ2) is 6.91. The third kappa shape index (κ3) is 5.49. The molecule has 0 saturated carbocycles. The van der Waals surface area contributed by atoms with E-state index >= 15 is 0 Å². The molecule has 3 nitrogen and oxygen atoms in total. The van der Waals surface area contributed by atoms with Crippen molar-refractivity contribution in [2.45, 2.75) is 0 Å². The quantitative estimate of drug-likeness (QED) is 0.643. The normalized spacial score (nSPS) is 14.7. The van der Waals surface area contributed by atoms with Crippen molar-refractivity contribution >= 4 is 46.0 Å². The Hall–Kier alpha value is 0.229. The molecular weight excluding hydrogens is 318 g/mol. The Morgan fingerprint density at radius 1 is 1.36 bits per heavy atom. The molecule has 0 aromatic carbocycles. The van der Waals surface area contributed by atoms with Gasteiger partial charge in [0.05, 0.1) is 5.71 Å². The van der Waals surface area contributed by atoms with Crippen molar-refractivity contribution in [1.82, 2.24) is 0 Å². The Kier molecular flexibility index (Phi) is 7.05. The van der Waals surface area contributed by atoms with E-state index in [4.69, 9.17) is 10.8 Å². The second-order valence-corrected chi connectivity index (χ2v) is 7.02. The summed E-state index contributed by atoms with van der Waals surface area (Å²) in [5, 5.41) is 13.9. The molecule has 0 saturated heterocycles. The Balaban J connectivity index is 0.000000292. The van der Waals surface area contributed by atoms with Crippen molar-refractivity contribution in [3.05, 3.63) is 12.2 Å². The Bertz CT molecular complexity index is 190. The average molecular weight is 323 g/mol. The molecule has 0 amide bonds. The minimum absolute atomic E-state index is 0.0347. The number of halogens is 2. The van der Waals surface area contributed by atoms with Crippen molar-refractivity contribution in [2.75, 3.05) is 0 Å². The van der Waals surface area contributed by atoms with Crippen molar-refractivity contribution in [2.24, 2.45) is 4.99 Å². The van der Waals surface area contributed by atoms with Crippen LogP contribution >= 0.6 is 28.2 Å². The zero-order valence-corrected chi connectivity index (χ0v) is 9.56. The first-order chi connectivity index (χ1) is 5.22. The number of aliphatic imine (C=N–C) groups is 1. The molecule has 0 radical (unpaired) electrons. The predicted molar refractivity (Wildman–Crippen MR) is 50.9 cm³/mol. The maximum absolute atomic E-state index is 6.97. The van der Waals surface area contributed by atoms with Gasteiger partial charge >= 0.3 is 39.6 Å². The van der Waals surface area contributed by atoms with Crippen LogP contribution in [0.5, 0.6) is 0 Å². The van der Waals surface area contributed by atoms with Crippen LogP contribution < -0.4 is 0 Å². The van der Waals surface area contributed by atoms with Gasteiger partial charge in [-0.1, -0.05) is 0 Å². The van der Waals surface area contributed by atoms with Crippen molar-refractivity contribution in [1.29, 1.82) is 10.8 Å². The van der Waals surface area contributed by atoms with Gasteiger partial charge in [-0.05, 0) is 12.2 Å². The molecule has 62 valence electrons. The number of hydrogen-bond acceptors (Lipinski definition) is 2. The monoisotopic (exact) mass is 321 g/mol. The number of nitrogens with zero attached hydrogens (tertiary/aromatic N) is 1. The number of rotatable bonds is 0. The summed E-state index contributed by atoms with van der Waals surface area (Å²) in [5.74, 6) is 0.0347.